The molecule has 0 aliphatic heterocycles. The summed E-state index contributed by atoms with van der Waals surface area (Å²) in [6.07, 6.45) is -6.30. The van der Waals surface area contributed by atoms with Crippen LogP contribution in [0, 0.1) is 11.8 Å². The molecule has 0 spiro atoms. The van der Waals surface area contributed by atoms with Crippen molar-refractivity contribution in [1.29, 1.82) is 0 Å². The van der Waals surface area contributed by atoms with E-state index in [-0.39, 0.29) is 32.1 Å². The number of hydrogen-bond donors (Lipinski definition) is 1. The molecule has 0 saturated heterocycles. The molecule has 2 aliphatic rings. The van der Waals surface area contributed by atoms with E-state index in [2.05, 4.69) is 12.6 Å². The van der Waals surface area contributed by atoms with Gasteiger partial charge in [0, 0.05) is 11.3 Å². The number of hydrogen-bond acceptors (Lipinski definition) is 3. The molecule has 5 atom stereocenters. The lowest BCUT2D eigenvalue weighted by molar-refractivity contribution is -0.177. The zero-order valence-electron chi connectivity index (χ0n) is 18.9. The maximum absolute atomic E-state index is 15.7. The summed E-state index contributed by atoms with van der Waals surface area (Å²) >= 11 is 4.16. The summed E-state index contributed by atoms with van der Waals surface area (Å²) in [5.41, 5.74) is -5.78. The molecular weight excluding hydrogens is 459 g/mol. The Kier molecular flexibility index (Phi) is 8.73. The second-order valence-corrected chi connectivity index (χ2v) is 10.1. The molecule has 1 aromatic rings. The molecule has 0 radical (unpaired) electrons. The van der Waals surface area contributed by atoms with Gasteiger partial charge in [0.1, 0.15) is 11.9 Å². The van der Waals surface area contributed by atoms with Gasteiger partial charge in [-0.25, -0.2) is 22.0 Å². The van der Waals surface area contributed by atoms with Crippen molar-refractivity contribution in [2.24, 2.45) is 11.8 Å². The van der Waals surface area contributed by atoms with Crippen LogP contribution in [0.3, 0.4) is 0 Å². The van der Waals surface area contributed by atoms with E-state index in [0.717, 1.165) is 12.8 Å². The highest BCUT2D eigenvalue weighted by Crippen LogP contribution is 2.53. The summed E-state index contributed by atoms with van der Waals surface area (Å²) in [6.45, 7) is 1.95. The second-order valence-electron chi connectivity index (χ2n) is 9.60. The summed E-state index contributed by atoms with van der Waals surface area (Å²) in [7, 11) is 0. The Morgan fingerprint density at radius 1 is 1.00 bits per heavy atom. The van der Waals surface area contributed by atoms with Crippen LogP contribution in [-0.2, 0) is 4.79 Å². The Labute approximate surface area is 198 Å². The standard InChI is InChI=1S/C25H33F5O2S/c1-2-3-4-5-14-24(29)20(26)15-25(30,22(28)21(24)27)17-8-6-16(7-9-17)23(31)32-18-10-12-19(33)13-11-18/h10-13,16-17,20-22,33H,2-9,14-15H2,1H3. The van der Waals surface area contributed by atoms with Crippen molar-refractivity contribution >= 4 is 18.6 Å². The molecular formula is C25H33F5O2S. The van der Waals surface area contributed by atoms with Crippen LogP contribution in [0.5, 0.6) is 5.75 Å². The van der Waals surface area contributed by atoms with Crippen LogP contribution < -0.4 is 4.74 Å². The Hall–Kier alpha value is -1.31. The van der Waals surface area contributed by atoms with Crippen molar-refractivity contribution < 1.29 is 31.5 Å². The van der Waals surface area contributed by atoms with Crippen LogP contribution in [0.15, 0.2) is 29.2 Å². The van der Waals surface area contributed by atoms with Gasteiger partial charge in [-0.1, -0.05) is 32.6 Å². The van der Waals surface area contributed by atoms with Crippen LogP contribution in [-0.4, -0.2) is 35.8 Å². The van der Waals surface area contributed by atoms with Crippen molar-refractivity contribution in [3.05, 3.63) is 24.3 Å². The summed E-state index contributed by atoms with van der Waals surface area (Å²) in [5, 5.41) is 0. The van der Waals surface area contributed by atoms with Crippen LogP contribution in [0.2, 0.25) is 0 Å². The molecule has 1 aromatic carbocycles. The summed E-state index contributed by atoms with van der Waals surface area (Å²) < 4.78 is 80.7. The fraction of sp³-hybridized carbons (Fsp3) is 0.720. The van der Waals surface area contributed by atoms with E-state index >= 15 is 8.78 Å². The minimum absolute atomic E-state index is 0.0848. The molecule has 2 saturated carbocycles. The zero-order chi connectivity index (χ0) is 24.2. The maximum atomic E-state index is 15.7. The number of benzene rings is 1. The maximum Gasteiger partial charge on any atom is 0.314 e. The van der Waals surface area contributed by atoms with Crippen molar-refractivity contribution in [3.8, 4) is 5.75 Å². The lowest BCUT2D eigenvalue weighted by Crippen LogP contribution is -2.64. The predicted molar refractivity (Wildman–Crippen MR) is 121 cm³/mol. The first-order chi connectivity index (χ1) is 15.6. The van der Waals surface area contributed by atoms with Crippen molar-refractivity contribution in [2.75, 3.05) is 0 Å². The van der Waals surface area contributed by atoms with Crippen LogP contribution in [0.4, 0.5) is 22.0 Å². The van der Waals surface area contributed by atoms with E-state index in [9.17, 15) is 18.0 Å². The van der Waals surface area contributed by atoms with Gasteiger partial charge in [0.05, 0.1) is 5.92 Å². The summed E-state index contributed by atoms with van der Waals surface area (Å²) in [6, 6.07) is 6.56. The molecule has 5 unspecified atom stereocenters. The van der Waals surface area contributed by atoms with Gasteiger partial charge in [0.2, 0.25) is 0 Å². The van der Waals surface area contributed by atoms with Crippen molar-refractivity contribution in [3.63, 3.8) is 0 Å². The van der Waals surface area contributed by atoms with Gasteiger partial charge in [-0.15, -0.1) is 12.6 Å². The van der Waals surface area contributed by atoms with Crippen LogP contribution >= 0.6 is 12.6 Å². The fourth-order valence-electron chi connectivity index (χ4n) is 5.25. The van der Waals surface area contributed by atoms with Crippen molar-refractivity contribution in [2.45, 2.75) is 106 Å². The number of esters is 1. The second kappa shape index (κ2) is 11.0. The van der Waals surface area contributed by atoms with Gasteiger partial charge < -0.3 is 4.74 Å². The summed E-state index contributed by atoms with van der Waals surface area (Å²) in [4.78, 5) is 13.2. The molecule has 8 heteroatoms. The van der Waals surface area contributed by atoms with Gasteiger partial charge in [0.25, 0.3) is 0 Å². The predicted octanol–water partition coefficient (Wildman–Crippen LogP) is 7.49. The van der Waals surface area contributed by atoms with E-state index in [1.54, 1.807) is 24.3 Å². The van der Waals surface area contributed by atoms with Crippen molar-refractivity contribution in [1.82, 2.24) is 0 Å². The number of rotatable bonds is 8. The lowest BCUT2D eigenvalue weighted by atomic mass is 9.63. The molecule has 0 heterocycles. The first-order valence-electron chi connectivity index (χ1n) is 11.9. The zero-order valence-corrected chi connectivity index (χ0v) is 19.8. The van der Waals surface area contributed by atoms with E-state index in [4.69, 9.17) is 4.74 Å². The SMILES string of the molecule is CCCCCCC1(F)C(F)CC(F)(C2CCC(C(=O)Oc3ccc(S)cc3)CC2)C(F)C1F. The molecule has 0 bridgehead atoms. The monoisotopic (exact) mass is 492 g/mol. The quantitative estimate of drug-likeness (QED) is 0.134. The first-order valence-corrected chi connectivity index (χ1v) is 12.4. The van der Waals surface area contributed by atoms with Gasteiger partial charge in [-0.05, 0) is 62.3 Å². The molecule has 0 amide bonds. The number of ether oxygens (including phenoxy) is 1. The summed E-state index contributed by atoms with van der Waals surface area (Å²) in [5.74, 6) is -1.60. The molecule has 2 aliphatic carbocycles. The smallest absolute Gasteiger partial charge is 0.314 e. The highest BCUT2D eigenvalue weighted by Gasteiger charge is 2.66. The number of carbonyl (C=O) groups is 1. The molecule has 186 valence electrons. The number of alkyl halides is 5. The van der Waals surface area contributed by atoms with Crippen LogP contribution in [0.25, 0.3) is 0 Å². The van der Waals surface area contributed by atoms with E-state index in [1.165, 1.54) is 0 Å². The Balaban J connectivity index is 1.59. The van der Waals surface area contributed by atoms with E-state index < -0.39 is 60.5 Å². The highest BCUT2D eigenvalue weighted by molar-refractivity contribution is 7.80. The topological polar surface area (TPSA) is 26.3 Å². The number of unbranched alkanes of at least 4 members (excludes halogenated alkanes) is 3. The highest BCUT2D eigenvalue weighted by atomic mass is 32.1. The van der Waals surface area contributed by atoms with E-state index in [1.807, 2.05) is 6.92 Å². The first kappa shape index (κ1) is 26.3. The van der Waals surface area contributed by atoms with Gasteiger partial charge in [0.15, 0.2) is 23.7 Å². The Morgan fingerprint density at radius 3 is 2.24 bits per heavy atom. The lowest BCUT2D eigenvalue weighted by Gasteiger charge is -2.49. The largest absolute Gasteiger partial charge is 0.426 e. The van der Waals surface area contributed by atoms with Gasteiger partial charge in [-0.3, -0.25) is 4.79 Å². The number of carbonyl (C=O) groups excluding carboxylic acids is 1. The molecule has 2 nitrogen and oxygen atoms in total. The number of thiol groups is 1. The molecule has 2 fully saturated rings. The average Bonchev–Trinajstić information content (AvgIpc) is 2.81. The minimum atomic E-state index is -2.99. The van der Waals surface area contributed by atoms with Gasteiger partial charge in [-0.2, -0.15) is 0 Å². The molecule has 0 aromatic heterocycles. The van der Waals surface area contributed by atoms with Crippen LogP contribution in [0.1, 0.15) is 71.1 Å². The normalized spacial score (nSPS) is 37.0. The fourth-order valence-corrected chi connectivity index (χ4v) is 5.40. The molecule has 33 heavy (non-hydrogen) atoms. The third-order valence-electron chi connectivity index (χ3n) is 7.39. The Morgan fingerprint density at radius 2 is 1.64 bits per heavy atom. The third-order valence-corrected chi connectivity index (χ3v) is 7.69. The van der Waals surface area contributed by atoms with Gasteiger partial charge >= 0.3 is 5.97 Å². The Bertz CT molecular complexity index is 786. The third kappa shape index (κ3) is 5.68. The minimum Gasteiger partial charge on any atom is -0.426 e. The molecule has 3 rings (SSSR count). The molecule has 0 N–H and O–H groups in total. The number of halogens is 5. The van der Waals surface area contributed by atoms with E-state index in [0.29, 0.717) is 17.1 Å². The average molecular weight is 493 g/mol.